The fraction of sp³-hybridized carbons (Fsp3) is 0.121. The predicted octanol–water partition coefficient (Wildman–Crippen LogP) is 4.56. The zero-order valence-corrected chi connectivity index (χ0v) is 22.3. The summed E-state index contributed by atoms with van der Waals surface area (Å²) in [4.78, 5) is 63.6. The van der Waals surface area contributed by atoms with Crippen molar-refractivity contribution in [2.45, 2.75) is 12.8 Å². The largest absolute Gasteiger partial charge is 0.461 e. The molecule has 0 aromatic carbocycles. The minimum absolute atomic E-state index is 0.00777. The van der Waals surface area contributed by atoms with Crippen molar-refractivity contribution in [3.63, 3.8) is 0 Å². The Morgan fingerprint density at radius 2 is 1.32 bits per heavy atom. The maximum atomic E-state index is 13.0. The smallest absolute Gasteiger partial charge is 0.355 e. The molecule has 8 nitrogen and oxygen atoms in total. The number of amides is 1. The molecular formula is C33H29NO7. The number of cyclic esters (lactones) is 1. The molecule has 0 saturated heterocycles. The SMILES string of the molecule is O=C1C=C/C=C/CC(=O)CCOC(=O)C2=CC=CCN2C(=O)C(=O)C2=CC=CC(=C/C=C/C=CC=C/C=C\C=C\1)O2. The molecular weight excluding hydrogens is 522 g/mol. The lowest BCUT2D eigenvalue weighted by atomic mass is 10.1. The fourth-order valence-corrected chi connectivity index (χ4v) is 3.42. The van der Waals surface area contributed by atoms with Crippen LogP contribution in [0.1, 0.15) is 12.8 Å². The monoisotopic (exact) mass is 551 g/mol. The van der Waals surface area contributed by atoms with E-state index in [9.17, 15) is 24.0 Å². The van der Waals surface area contributed by atoms with Gasteiger partial charge in [-0.05, 0) is 36.5 Å². The van der Waals surface area contributed by atoms with Gasteiger partial charge in [0.05, 0.1) is 6.61 Å². The van der Waals surface area contributed by atoms with Gasteiger partial charge >= 0.3 is 11.9 Å². The maximum absolute atomic E-state index is 13.0. The van der Waals surface area contributed by atoms with Crippen molar-refractivity contribution in [2.75, 3.05) is 13.2 Å². The minimum atomic E-state index is -0.954. The van der Waals surface area contributed by atoms with Crippen LogP contribution in [0.4, 0.5) is 0 Å². The number of allylic oxidation sites excluding steroid dienone is 20. The molecule has 8 heteroatoms. The molecule has 0 spiro atoms. The molecule has 2 bridgehead atoms. The molecule has 1 amide bonds. The van der Waals surface area contributed by atoms with E-state index in [-0.39, 0.29) is 49.0 Å². The number of esters is 1. The van der Waals surface area contributed by atoms with E-state index in [1.165, 1.54) is 30.4 Å². The normalized spacial score (nSPS) is 22.6. The molecule has 0 unspecified atom stereocenters. The van der Waals surface area contributed by atoms with Crippen LogP contribution in [-0.2, 0) is 33.4 Å². The van der Waals surface area contributed by atoms with E-state index in [2.05, 4.69) is 0 Å². The van der Waals surface area contributed by atoms with Gasteiger partial charge in [0.1, 0.15) is 17.2 Å². The molecule has 3 aliphatic heterocycles. The summed E-state index contributed by atoms with van der Waals surface area (Å²) in [6, 6.07) is 0. The van der Waals surface area contributed by atoms with Crippen LogP contribution in [0.25, 0.3) is 0 Å². The molecule has 0 aliphatic carbocycles. The van der Waals surface area contributed by atoms with E-state index in [0.29, 0.717) is 5.76 Å². The lowest BCUT2D eigenvalue weighted by molar-refractivity contribution is -0.147. The molecule has 3 rings (SSSR count). The summed E-state index contributed by atoms with van der Waals surface area (Å²) in [6.07, 6.45) is 34.2. The molecule has 3 heterocycles. The molecule has 208 valence electrons. The van der Waals surface area contributed by atoms with Crippen molar-refractivity contribution in [3.8, 4) is 0 Å². The third kappa shape index (κ3) is 10.4. The number of hydrogen-bond acceptors (Lipinski definition) is 7. The first-order valence-corrected chi connectivity index (χ1v) is 12.9. The standard InChI is InChI=1S/C33H29NO7/c35-26-16-9-6-4-2-1-3-5-7-12-19-28-20-15-22-30(41-28)31(37)32(38)34-24-14-13-21-29(34)33(39)40-25-23-27(36)18-11-8-10-17-26/h1-17,19-22H,18,23-25H2/b2-1?,5-3?,6-4-,11-8+,12-7+,16-9+,17-10?,28-19?. The number of rotatable bonds is 0. The fourth-order valence-electron chi connectivity index (χ4n) is 3.42. The highest BCUT2D eigenvalue weighted by atomic mass is 16.5. The van der Waals surface area contributed by atoms with E-state index in [1.54, 1.807) is 91.1 Å². The van der Waals surface area contributed by atoms with E-state index in [1.807, 2.05) is 6.08 Å². The summed E-state index contributed by atoms with van der Waals surface area (Å²) >= 11 is 0. The highest BCUT2D eigenvalue weighted by Crippen LogP contribution is 2.19. The van der Waals surface area contributed by atoms with Crippen LogP contribution < -0.4 is 0 Å². The van der Waals surface area contributed by atoms with E-state index < -0.39 is 17.7 Å². The van der Waals surface area contributed by atoms with Crippen molar-refractivity contribution in [1.82, 2.24) is 4.90 Å². The van der Waals surface area contributed by atoms with Gasteiger partial charge in [-0.3, -0.25) is 24.1 Å². The van der Waals surface area contributed by atoms with Crippen LogP contribution in [0.3, 0.4) is 0 Å². The average Bonchev–Trinajstić information content (AvgIpc) is 2.98. The first kappa shape index (κ1) is 30.2. The maximum Gasteiger partial charge on any atom is 0.355 e. The Hall–Kier alpha value is -5.37. The quantitative estimate of drug-likeness (QED) is 0.321. The summed E-state index contributed by atoms with van der Waals surface area (Å²) in [6.45, 7) is -0.202. The van der Waals surface area contributed by atoms with Crippen LogP contribution in [0.15, 0.2) is 145 Å². The van der Waals surface area contributed by atoms with E-state index in [4.69, 9.17) is 9.47 Å². The molecule has 0 atom stereocenters. The van der Waals surface area contributed by atoms with Gasteiger partial charge in [-0.15, -0.1) is 0 Å². The van der Waals surface area contributed by atoms with Crippen LogP contribution in [-0.4, -0.2) is 47.3 Å². The first-order valence-electron chi connectivity index (χ1n) is 12.9. The molecule has 41 heavy (non-hydrogen) atoms. The lowest BCUT2D eigenvalue weighted by Crippen LogP contribution is -2.41. The number of hydrogen-bond donors (Lipinski definition) is 0. The van der Waals surface area contributed by atoms with Gasteiger partial charge in [0.25, 0.3) is 5.78 Å². The number of ether oxygens (including phenoxy) is 2. The minimum Gasteiger partial charge on any atom is -0.461 e. The zero-order chi connectivity index (χ0) is 29.3. The molecule has 0 fully saturated rings. The number of nitrogens with zero attached hydrogens (tertiary/aromatic N) is 1. The van der Waals surface area contributed by atoms with Gasteiger partial charge in [0.15, 0.2) is 11.5 Å². The number of Topliss-reactive ketones (excluding diaryl/α,β-unsaturated/α-hetero) is 2. The Morgan fingerprint density at radius 1 is 0.634 bits per heavy atom. The van der Waals surface area contributed by atoms with Crippen LogP contribution in [0.5, 0.6) is 0 Å². The van der Waals surface area contributed by atoms with Gasteiger partial charge in [-0.1, -0.05) is 91.1 Å². The van der Waals surface area contributed by atoms with Crippen molar-refractivity contribution in [2.24, 2.45) is 0 Å². The van der Waals surface area contributed by atoms with Gasteiger partial charge in [0.2, 0.25) is 0 Å². The molecule has 0 radical (unpaired) electrons. The average molecular weight is 552 g/mol. The molecule has 0 aromatic rings. The van der Waals surface area contributed by atoms with E-state index in [0.717, 1.165) is 4.90 Å². The second-order valence-corrected chi connectivity index (χ2v) is 8.50. The summed E-state index contributed by atoms with van der Waals surface area (Å²) in [5.41, 5.74) is -0.118. The van der Waals surface area contributed by atoms with Crippen molar-refractivity contribution >= 4 is 29.2 Å². The summed E-state index contributed by atoms with van der Waals surface area (Å²) in [5, 5.41) is 0. The molecule has 0 N–H and O–H groups in total. The highest BCUT2D eigenvalue weighted by Gasteiger charge is 2.32. The Bertz CT molecular complexity index is 1420. The van der Waals surface area contributed by atoms with Crippen molar-refractivity contribution in [3.05, 3.63) is 145 Å². The summed E-state index contributed by atoms with van der Waals surface area (Å²) in [5.74, 6) is -2.93. The zero-order valence-electron chi connectivity index (χ0n) is 22.3. The molecule has 3 aliphatic rings. The number of ketones is 3. The van der Waals surface area contributed by atoms with Gasteiger partial charge in [-0.2, -0.15) is 0 Å². The van der Waals surface area contributed by atoms with Crippen LogP contribution in [0.2, 0.25) is 0 Å². The highest BCUT2D eigenvalue weighted by molar-refractivity contribution is 6.42. The van der Waals surface area contributed by atoms with Crippen LogP contribution in [0, 0.1) is 0 Å². The van der Waals surface area contributed by atoms with Gasteiger partial charge < -0.3 is 9.47 Å². The third-order valence-corrected chi connectivity index (χ3v) is 5.45. The Morgan fingerprint density at radius 3 is 2.07 bits per heavy atom. The van der Waals surface area contributed by atoms with Gasteiger partial charge in [0, 0.05) is 19.4 Å². The Kier molecular flexibility index (Phi) is 12.2. The second kappa shape index (κ2) is 16.6. The Balaban J connectivity index is 1.75. The van der Waals surface area contributed by atoms with Crippen LogP contribution >= 0.6 is 0 Å². The number of carbonyl (C=O) groups excluding carboxylic acids is 5. The second-order valence-electron chi connectivity index (χ2n) is 8.50. The number of fused-ring (bicyclic) bond motifs is 3. The van der Waals surface area contributed by atoms with Gasteiger partial charge in [-0.25, -0.2) is 4.79 Å². The van der Waals surface area contributed by atoms with E-state index >= 15 is 0 Å². The number of carbonyl (C=O) groups is 5. The molecule has 0 saturated carbocycles. The third-order valence-electron chi connectivity index (χ3n) is 5.45. The lowest BCUT2D eigenvalue weighted by Gasteiger charge is -2.24. The summed E-state index contributed by atoms with van der Waals surface area (Å²) < 4.78 is 10.8. The summed E-state index contributed by atoms with van der Waals surface area (Å²) in [7, 11) is 0. The first-order chi connectivity index (χ1) is 20.0. The predicted molar refractivity (Wildman–Crippen MR) is 155 cm³/mol. The van der Waals surface area contributed by atoms with Crippen molar-refractivity contribution in [1.29, 1.82) is 0 Å². The molecule has 0 aromatic heterocycles. The Labute approximate surface area is 238 Å². The van der Waals surface area contributed by atoms with Crippen molar-refractivity contribution < 1.29 is 33.4 Å². The topological polar surface area (TPSA) is 107 Å².